The molecule has 10 heteroatoms. The molecule has 0 spiro atoms. The fraction of sp³-hybridized carbons (Fsp3) is 0.671. The van der Waals surface area contributed by atoms with Crippen LogP contribution in [0.2, 0.25) is 0 Å². The molecule has 0 fully saturated rings. The van der Waals surface area contributed by atoms with Crippen LogP contribution in [0.5, 0.6) is 0 Å². The van der Waals surface area contributed by atoms with Crippen LogP contribution >= 0.6 is 7.82 Å². The molecule has 0 aromatic rings. The molecule has 9 nitrogen and oxygen atoms in total. The number of nitrogens with zero attached hydrogens (tertiary/aromatic N) is 1. The minimum Gasteiger partial charge on any atom is -0.456 e. The predicted molar refractivity (Wildman–Crippen MR) is 359 cm³/mol. The lowest BCUT2D eigenvalue weighted by atomic mass is 10.0. The van der Waals surface area contributed by atoms with E-state index < -0.39 is 20.0 Å². The third kappa shape index (κ3) is 62.5. The maximum Gasteiger partial charge on any atom is 0.472 e. The Labute approximate surface area is 511 Å². The lowest BCUT2D eigenvalue weighted by Crippen LogP contribution is -2.47. The monoisotopic (exact) mass is 1170 g/mol. The minimum absolute atomic E-state index is 0.0243. The Morgan fingerprint density at radius 3 is 1.18 bits per heavy atom. The first kappa shape index (κ1) is 79.2. The maximum atomic E-state index is 13.6. The number of esters is 1. The van der Waals surface area contributed by atoms with Gasteiger partial charge in [0.25, 0.3) is 0 Å². The van der Waals surface area contributed by atoms with E-state index in [1.807, 2.05) is 33.3 Å². The van der Waals surface area contributed by atoms with Crippen LogP contribution in [0.25, 0.3) is 0 Å². The summed E-state index contributed by atoms with van der Waals surface area (Å²) in [5.74, 6) is -0.582. The second kappa shape index (κ2) is 61.2. The highest BCUT2D eigenvalue weighted by Crippen LogP contribution is 2.43. The number of quaternary nitrogens is 1. The third-order valence-corrected chi connectivity index (χ3v) is 15.1. The molecule has 0 bridgehead atoms. The van der Waals surface area contributed by atoms with Crippen LogP contribution < -0.4 is 5.32 Å². The van der Waals surface area contributed by atoms with Crippen LogP contribution in [0.1, 0.15) is 265 Å². The number of hydrogen-bond acceptors (Lipinski definition) is 6. The zero-order valence-corrected chi connectivity index (χ0v) is 55.0. The molecule has 0 aromatic carbocycles. The Balaban J connectivity index is 5.20. The summed E-state index contributed by atoms with van der Waals surface area (Å²) < 4.78 is 30.7. The van der Waals surface area contributed by atoms with Crippen LogP contribution in [0.3, 0.4) is 0 Å². The second-order valence-electron chi connectivity index (χ2n) is 23.2. The lowest BCUT2D eigenvalue weighted by Gasteiger charge is -2.27. The van der Waals surface area contributed by atoms with Crippen molar-refractivity contribution in [2.24, 2.45) is 0 Å². The van der Waals surface area contributed by atoms with E-state index in [0.29, 0.717) is 23.9 Å². The third-order valence-electron chi connectivity index (χ3n) is 14.1. The summed E-state index contributed by atoms with van der Waals surface area (Å²) in [5, 5.41) is 3.05. The van der Waals surface area contributed by atoms with Crippen molar-refractivity contribution in [3.05, 3.63) is 134 Å². The van der Waals surface area contributed by atoms with Crippen molar-refractivity contribution < 1.29 is 37.3 Å². The van der Waals surface area contributed by atoms with Crippen LogP contribution in [0, 0.1) is 0 Å². The number of rotatable bonds is 59. The van der Waals surface area contributed by atoms with E-state index in [1.165, 1.54) is 103 Å². The van der Waals surface area contributed by atoms with Gasteiger partial charge in [-0.1, -0.05) is 270 Å². The summed E-state index contributed by atoms with van der Waals surface area (Å²) in [7, 11) is 1.45. The van der Waals surface area contributed by atoms with E-state index in [2.05, 4.69) is 148 Å². The SMILES string of the molecule is CC/C=C\C/C=C\C/C=C\C/C=C\C/C=C\CCCCCCCCCCCCCC(=O)NC(COP(=O)(O)OCC[N+](C)(C)C)C(/C=C\CCCCCCCCCCCCC)OC(=O)CCC/C=C\C/C=C\C/C=C\C/C=C\C/C=C\CC. The van der Waals surface area contributed by atoms with Gasteiger partial charge in [0.05, 0.1) is 33.8 Å². The molecule has 0 aliphatic rings. The molecular weight excluding hydrogens is 1050 g/mol. The zero-order valence-electron chi connectivity index (χ0n) is 54.1. The van der Waals surface area contributed by atoms with E-state index in [4.69, 9.17) is 13.8 Å². The van der Waals surface area contributed by atoms with E-state index >= 15 is 0 Å². The molecule has 0 saturated heterocycles. The maximum absolute atomic E-state index is 13.6. The Kier molecular flexibility index (Phi) is 58.4. The Hall–Kier alpha value is -3.85. The Bertz CT molecular complexity index is 1880. The molecule has 0 rings (SSSR count). The van der Waals surface area contributed by atoms with Gasteiger partial charge in [0.15, 0.2) is 0 Å². The summed E-state index contributed by atoms with van der Waals surface area (Å²) in [6.07, 6.45) is 87.5. The van der Waals surface area contributed by atoms with Crippen molar-refractivity contribution in [2.45, 2.75) is 277 Å². The second-order valence-corrected chi connectivity index (χ2v) is 24.7. The van der Waals surface area contributed by atoms with Crippen LogP contribution in [0.15, 0.2) is 134 Å². The number of carbonyl (C=O) groups excluding carboxylic acids is 2. The molecule has 3 atom stereocenters. The number of allylic oxidation sites excluding steroid dienone is 21. The fourth-order valence-corrected chi connectivity index (χ4v) is 9.74. The molecule has 0 aliphatic heterocycles. The molecule has 0 saturated carbocycles. The Morgan fingerprint density at radius 1 is 0.434 bits per heavy atom. The quantitative estimate of drug-likeness (QED) is 0.0205. The first-order valence-electron chi connectivity index (χ1n) is 33.5. The van der Waals surface area contributed by atoms with Crippen molar-refractivity contribution in [3.8, 4) is 0 Å². The summed E-state index contributed by atoms with van der Waals surface area (Å²) in [4.78, 5) is 37.8. The largest absolute Gasteiger partial charge is 0.472 e. The van der Waals surface area contributed by atoms with Gasteiger partial charge in [-0.3, -0.25) is 18.6 Å². The topological polar surface area (TPSA) is 111 Å². The summed E-state index contributed by atoms with van der Waals surface area (Å²) in [6.45, 7) is 6.74. The number of hydrogen-bond donors (Lipinski definition) is 2. The number of amides is 1. The number of nitrogens with one attached hydrogen (secondary N) is 1. The first-order valence-corrected chi connectivity index (χ1v) is 35.0. The highest BCUT2D eigenvalue weighted by molar-refractivity contribution is 7.47. The normalized spacial score (nSPS) is 14.4. The summed E-state index contributed by atoms with van der Waals surface area (Å²) >= 11 is 0. The van der Waals surface area contributed by atoms with Gasteiger partial charge in [-0.05, 0) is 115 Å². The molecule has 0 heterocycles. The van der Waals surface area contributed by atoms with Crippen molar-refractivity contribution in [3.63, 3.8) is 0 Å². The molecule has 1 amide bonds. The van der Waals surface area contributed by atoms with Gasteiger partial charge in [0, 0.05) is 12.8 Å². The number of unbranched alkanes of at least 4 members (excludes halogenated alkanes) is 23. The minimum atomic E-state index is -4.47. The fourth-order valence-electron chi connectivity index (χ4n) is 9.00. The molecular formula is C73H126N2O7P+. The van der Waals surface area contributed by atoms with Gasteiger partial charge < -0.3 is 19.4 Å². The number of phosphoric ester groups is 1. The van der Waals surface area contributed by atoms with Crippen LogP contribution in [0.4, 0.5) is 0 Å². The average Bonchev–Trinajstić information content (AvgIpc) is 3.47. The van der Waals surface area contributed by atoms with Crippen molar-refractivity contribution in [2.75, 3.05) is 40.9 Å². The molecule has 2 N–H and O–H groups in total. The number of ether oxygens (including phenoxy) is 1. The number of phosphoric acid groups is 1. The first-order chi connectivity index (χ1) is 40.4. The van der Waals surface area contributed by atoms with Gasteiger partial charge >= 0.3 is 13.8 Å². The van der Waals surface area contributed by atoms with Crippen LogP contribution in [-0.4, -0.2) is 74.3 Å². The molecule has 0 aliphatic carbocycles. The van der Waals surface area contributed by atoms with Gasteiger partial charge in [0.2, 0.25) is 5.91 Å². The molecule has 0 aromatic heterocycles. The highest BCUT2D eigenvalue weighted by atomic mass is 31.2. The number of likely N-dealkylation sites (N-methyl/N-ethyl adjacent to an activating group) is 1. The summed E-state index contributed by atoms with van der Waals surface area (Å²) in [6, 6.07) is -0.883. The molecule has 83 heavy (non-hydrogen) atoms. The smallest absolute Gasteiger partial charge is 0.456 e. The Morgan fingerprint density at radius 2 is 0.783 bits per heavy atom. The van der Waals surface area contributed by atoms with Gasteiger partial charge in [0.1, 0.15) is 19.3 Å². The van der Waals surface area contributed by atoms with Crippen molar-refractivity contribution in [1.29, 1.82) is 0 Å². The van der Waals surface area contributed by atoms with Gasteiger partial charge in [-0.15, -0.1) is 0 Å². The van der Waals surface area contributed by atoms with E-state index in [9.17, 15) is 19.0 Å². The molecule has 3 unspecified atom stereocenters. The standard InChI is InChI=1S/C73H125N2O7P/c1-7-10-13-16-19-22-25-28-30-32-33-34-35-36-37-38-39-40-41-43-44-47-50-53-56-59-62-65-72(76)74-70(69-81-83(78,79)80-68-67-75(4,5)6)71(64-61-58-55-52-49-46-27-24-21-18-15-12-9-3)82-73(77)66-63-60-57-54-51-48-45-42-31-29-26-23-20-17-14-11-8-2/h10-11,13-14,19-20,22-23,28-31,33-34,36-37,45,48,54,57,61,64,70-71H,7-9,12,15-18,21,24-27,32,35,38-44,46-47,49-53,55-56,58-60,62-63,65-69H2,1-6H3,(H-,74,76,78,79)/p+1/b13-10-,14-11-,22-19-,23-20-,30-28-,31-29-,34-33-,37-36-,48-45-,57-54-,64-61-. The molecule has 0 radical (unpaired) electrons. The van der Waals surface area contributed by atoms with Crippen molar-refractivity contribution in [1.82, 2.24) is 5.32 Å². The lowest BCUT2D eigenvalue weighted by molar-refractivity contribution is -0.870. The zero-order chi connectivity index (χ0) is 60.7. The predicted octanol–water partition coefficient (Wildman–Crippen LogP) is 21.2. The van der Waals surface area contributed by atoms with Gasteiger partial charge in [-0.25, -0.2) is 4.57 Å². The number of carbonyl (C=O) groups is 2. The van der Waals surface area contributed by atoms with E-state index in [0.717, 1.165) is 122 Å². The summed E-state index contributed by atoms with van der Waals surface area (Å²) in [5.41, 5.74) is 0. The van der Waals surface area contributed by atoms with E-state index in [-0.39, 0.29) is 31.5 Å². The van der Waals surface area contributed by atoms with E-state index in [1.54, 1.807) is 0 Å². The highest BCUT2D eigenvalue weighted by Gasteiger charge is 2.30. The average molecular weight is 1170 g/mol. The van der Waals surface area contributed by atoms with Crippen LogP contribution in [-0.2, 0) is 27.9 Å². The van der Waals surface area contributed by atoms with Crippen molar-refractivity contribution >= 4 is 19.7 Å². The van der Waals surface area contributed by atoms with Gasteiger partial charge in [-0.2, -0.15) is 0 Å². The molecule has 474 valence electrons.